The molecule has 6 heteroatoms. The van der Waals surface area contributed by atoms with Gasteiger partial charge in [-0.1, -0.05) is 6.42 Å². The third-order valence-corrected chi connectivity index (χ3v) is 4.68. The number of nitrogens with zero attached hydrogens (tertiary/aromatic N) is 5. The van der Waals surface area contributed by atoms with E-state index in [-0.39, 0.29) is 6.04 Å². The van der Waals surface area contributed by atoms with Crippen molar-refractivity contribution in [1.82, 2.24) is 24.4 Å². The molecule has 1 atom stereocenters. The molecular weight excluding hydrogens is 278 g/mol. The zero-order valence-electron chi connectivity index (χ0n) is 12.6. The van der Waals surface area contributed by atoms with Crippen molar-refractivity contribution in [2.24, 2.45) is 5.92 Å². The van der Waals surface area contributed by atoms with Crippen LogP contribution in [0.5, 0.6) is 6.01 Å². The second-order valence-electron chi connectivity index (χ2n) is 6.28. The molecule has 1 saturated carbocycles. The fourth-order valence-electron chi connectivity index (χ4n) is 3.31. The second kappa shape index (κ2) is 6.04. The van der Waals surface area contributed by atoms with Crippen molar-refractivity contribution in [2.45, 2.75) is 31.8 Å². The van der Waals surface area contributed by atoms with Gasteiger partial charge in [0.25, 0.3) is 0 Å². The summed E-state index contributed by atoms with van der Waals surface area (Å²) in [5, 5.41) is 0. The van der Waals surface area contributed by atoms with Crippen molar-refractivity contribution >= 4 is 0 Å². The first-order valence-electron chi connectivity index (χ1n) is 8.01. The highest BCUT2D eigenvalue weighted by Crippen LogP contribution is 2.30. The number of aromatic nitrogens is 4. The van der Waals surface area contributed by atoms with Crippen LogP contribution >= 0.6 is 0 Å². The highest BCUT2D eigenvalue weighted by atomic mass is 16.5. The summed E-state index contributed by atoms with van der Waals surface area (Å²) in [4.78, 5) is 15.1. The minimum absolute atomic E-state index is 0.273. The molecular formula is C16H21N5O. The third-order valence-electron chi connectivity index (χ3n) is 4.68. The van der Waals surface area contributed by atoms with Gasteiger partial charge in [0, 0.05) is 38.2 Å². The maximum atomic E-state index is 5.77. The van der Waals surface area contributed by atoms with E-state index in [0.29, 0.717) is 12.6 Å². The van der Waals surface area contributed by atoms with Gasteiger partial charge in [-0.25, -0.2) is 15.0 Å². The lowest BCUT2D eigenvalue weighted by Gasteiger charge is -2.38. The molecule has 2 aliphatic rings. The Morgan fingerprint density at radius 3 is 2.86 bits per heavy atom. The maximum absolute atomic E-state index is 5.77. The van der Waals surface area contributed by atoms with Crippen molar-refractivity contribution in [3.63, 3.8) is 0 Å². The Kier molecular flexibility index (Phi) is 3.76. The minimum Gasteiger partial charge on any atom is -0.461 e. The molecule has 22 heavy (non-hydrogen) atoms. The summed E-state index contributed by atoms with van der Waals surface area (Å²) < 4.78 is 8.00. The Bertz CT molecular complexity index is 610. The van der Waals surface area contributed by atoms with E-state index in [2.05, 4.69) is 24.4 Å². The first-order valence-corrected chi connectivity index (χ1v) is 8.01. The van der Waals surface area contributed by atoms with Gasteiger partial charge in [-0.3, -0.25) is 4.90 Å². The van der Waals surface area contributed by atoms with Crippen molar-refractivity contribution in [2.75, 3.05) is 19.7 Å². The van der Waals surface area contributed by atoms with Gasteiger partial charge in [-0.05, 0) is 24.8 Å². The van der Waals surface area contributed by atoms with Crippen LogP contribution in [0.4, 0.5) is 0 Å². The molecule has 0 amide bonds. The molecule has 2 aromatic rings. The molecule has 4 rings (SSSR count). The summed E-state index contributed by atoms with van der Waals surface area (Å²) in [6.07, 6.45) is 11.5. The molecule has 0 spiro atoms. The van der Waals surface area contributed by atoms with Gasteiger partial charge in [-0.2, -0.15) is 0 Å². The van der Waals surface area contributed by atoms with Crippen LogP contribution in [0.3, 0.4) is 0 Å². The quantitative estimate of drug-likeness (QED) is 0.844. The standard InChI is InChI=1S/C16H21N5O/c1-3-13(4-1)8-20-9-14-7-17-12-21(14)15(10-20)11-22-16-18-5-2-6-19-16/h2,5-7,12-13,15H,1,3-4,8-11H2. The topological polar surface area (TPSA) is 56.1 Å². The lowest BCUT2D eigenvalue weighted by atomic mass is 9.85. The SMILES string of the molecule is c1cnc(OCC2CN(CC3CCC3)Cc3cncn32)nc1. The van der Waals surface area contributed by atoms with E-state index in [9.17, 15) is 0 Å². The van der Waals surface area contributed by atoms with Crippen molar-refractivity contribution in [1.29, 1.82) is 0 Å². The Morgan fingerprint density at radius 1 is 1.23 bits per heavy atom. The van der Waals surface area contributed by atoms with Gasteiger partial charge in [0.15, 0.2) is 0 Å². The summed E-state index contributed by atoms with van der Waals surface area (Å²) in [5.41, 5.74) is 1.27. The molecule has 1 unspecified atom stereocenters. The van der Waals surface area contributed by atoms with E-state index < -0.39 is 0 Å². The first-order chi connectivity index (χ1) is 10.9. The van der Waals surface area contributed by atoms with Gasteiger partial charge in [0.2, 0.25) is 0 Å². The molecule has 0 saturated heterocycles. The van der Waals surface area contributed by atoms with Crippen LogP contribution < -0.4 is 4.74 Å². The zero-order chi connectivity index (χ0) is 14.8. The Balaban J connectivity index is 1.43. The summed E-state index contributed by atoms with van der Waals surface area (Å²) in [6, 6.07) is 2.51. The lowest BCUT2D eigenvalue weighted by molar-refractivity contribution is 0.105. The fourth-order valence-corrected chi connectivity index (χ4v) is 3.31. The number of rotatable bonds is 5. The number of ether oxygens (including phenoxy) is 1. The molecule has 2 aromatic heterocycles. The van der Waals surface area contributed by atoms with Gasteiger partial charge < -0.3 is 9.30 Å². The van der Waals surface area contributed by atoms with Gasteiger partial charge >= 0.3 is 6.01 Å². The monoisotopic (exact) mass is 299 g/mol. The third kappa shape index (κ3) is 2.83. The number of hydrogen-bond acceptors (Lipinski definition) is 5. The molecule has 1 aliphatic carbocycles. The van der Waals surface area contributed by atoms with Gasteiger partial charge in [0.05, 0.1) is 18.1 Å². The van der Waals surface area contributed by atoms with Crippen molar-refractivity contribution in [3.05, 3.63) is 36.7 Å². The lowest BCUT2D eigenvalue weighted by Crippen LogP contribution is -2.42. The minimum atomic E-state index is 0.273. The fraction of sp³-hybridized carbons (Fsp3) is 0.562. The molecule has 116 valence electrons. The van der Waals surface area contributed by atoms with Crippen LogP contribution in [0.15, 0.2) is 31.0 Å². The van der Waals surface area contributed by atoms with Crippen LogP contribution in [0.1, 0.15) is 31.0 Å². The average molecular weight is 299 g/mol. The highest BCUT2D eigenvalue weighted by molar-refractivity contribution is 5.05. The number of fused-ring (bicyclic) bond motifs is 1. The molecule has 3 heterocycles. The van der Waals surface area contributed by atoms with E-state index in [4.69, 9.17) is 4.74 Å². The Morgan fingerprint density at radius 2 is 2.09 bits per heavy atom. The van der Waals surface area contributed by atoms with Crippen LogP contribution in [0, 0.1) is 5.92 Å². The highest BCUT2D eigenvalue weighted by Gasteiger charge is 2.28. The number of imidazole rings is 1. The Labute approximate surface area is 130 Å². The summed E-state index contributed by atoms with van der Waals surface area (Å²) >= 11 is 0. The molecule has 1 fully saturated rings. The van der Waals surface area contributed by atoms with Crippen molar-refractivity contribution < 1.29 is 4.74 Å². The molecule has 0 N–H and O–H groups in total. The van der Waals surface area contributed by atoms with Gasteiger partial charge in [0.1, 0.15) is 6.61 Å². The summed E-state index contributed by atoms with van der Waals surface area (Å²) in [5.74, 6) is 0.883. The van der Waals surface area contributed by atoms with Crippen LogP contribution in [0.2, 0.25) is 0 Å². The molecule has 0 radical (unpaired) electrons. The van der Waals surface area contributed by atoms with E-state index in [0.717, 1.165) is 19.0 Å². The van der Waals surface area contributed by atoms with Crippen molar-refractivity contribution in [3.8, 4) is 6.01 Å². The van der Waals surface area contributed by atoms with E-state index in [1.165, 1.54) is 31.5 Å². The second-order valence-corrected chi connectivity index (χ2v) is 6.28. The molecule has 1 aliphatic heterocycles. The van der Waals surface area contributed by atoms with E-state index in [1.54, 1.807) is 18.5 Å². The predicted molar refractivity (Wildman–Crippen MR) is 81.4 cm³/mol. The molecule has 0 aromatic carbocycles. The normalized spacial score (nSPS) is 22.1. The largest absolute Gasteiger partial charge is 0.461 e. The smallest absolute Gasteiger partial charge is 0.316 e. The average Bonchev–Trinajstić information content (AvgIpc) is 2.98. The van der Waals surface area contributed by atoms with E-state index in [1.807, 2.05) is 12.5 Å². The molecule has 0 bridgehead atoms. The van der Waals surface area contributed by atoms with Crippen LogP contribution in [0.25, 0.3) is 0 Å². The van der Waals surface area contributed by atoms with Crippen LogP contribution in [-0.4, -0.2) is 44.1 Å². The van der Waals surface area contributed by atoms with E-state index >= 15 is 0 Å². The zero-order valence-corrected chi connectivity index (χ0v) is 12.6. The van der Waals surface area contributed by atoms with Crippen LogP contribution in [-0.2, 0) is 6.54 Å². The maximum Gasteiger partial charge on any atom is 0.316 e. The predicted octanol–water partition coefficient (Wildman–Crippen LogP) is 1.91. The molecule has 6 nitrogen and oxygen atoms in total. The first kappa shape index (κ1) is 13.7. The summed E-state index contributed by atoms with van der Waals surface area (Å²) in [6.45, 7) is 3.78. The number of hydrogen-bond donors (Lipinski definition) is 0. The summed E-state index contributed by atoms with van der Waals surface area (Å²) in [7, 11) is 0. The van der Waals surface area contributed by atoms with Gasteiger partial charge in [-0.15, -0.1) is 0 Å². The Hall–Kier alpha value is -1.95.